The van der Waals surface area contributed by atoms with Crippen LogP contribution in [0.3, 0.4) is 0 Å². The van der Waals surface area contributed by atoms with Crippen LogP contribution in [0.5, 0.6) is 0 Å². The summed E-state index contributed by atoms with van der Waals surface area (Å²) in [7, 11) is 0. The lowest BCUT2D eigenvalue weighted by Crippen LogP contribution is -2.52. The molecule has 25 heavy (non-hydrogen) atoms. The van der Waals surface area contributed by atoms with Gasteiger partial charge < -0.3 is 15.1 Å². The van der Waals surface area contributed by atoms with E-state index in [4.69, 9.17) is 0 Å². The topological polar surface area (TPSA) is 35.6 Å². The molecule has 1 aliphatic rings. The van der Waals surface area contributed by atoms with Crippen LogP contribution in [0.2, 0.25) is 0 Å². The molecule has 1 fully saturated rings. The highest BCUT2D eigenvalue weighted by molar-refractivity contribution is 5.74. The number of rotatable bonds is 4. The van der Waals surface area contributed by atoms with E-state index in [1.54, 1.807) is 0 Å². The zero-order valence-corrected chi connectivity index (χ0v) is 15.2. The maximum Gasteiger partial charge on any atom is 0.317 e. The van der Waals surface area contributed by atoms with Crippen molar-refractivity contribution in [3.8, 4) is 0 Å². The second kappa shape index (κ2) is 8.06. The van der Waals surface area contributed by atoms with Crippen LogP contribution >= 0.6 is 0 Å². The van der Waals surface area contributed by atoms with E-state index in [1.165, 1.54) is 22.4 Å². The maximum absolute atomic E-state index is 12.4. The first kappa shape index (κ1) is 17.3. The molecule has 0 aromatic heterocycles. The molecule has 1 N–H and O–H groups in total. The van der Waals surface area contributed by atoms with E-state index in [2.05, 4.69) is 54.4 Å². The van der Waals surface area contributed by atoms with Gasteiger partial charge in [0.1, 0.15) is 0 Å². The standard InChI is InChI=1S/C21H27N3O/c1-17-7-6-8-18(2)20(17)23-13-15-24(16-14-23)21(25)22-12-11-19-9-4-3-5-10-19/h3-10H,11-16H2,1-2H3,(H,22,25). The molecular formula is C21H27N3O. The Bertz CT molecular complexity index is 686. The average Bonchev–Trinajstić information content (AvgIpc) is 2.63. The van der Waals surface area contributed by atoms with E-state index in [0.29, 0.717) is 6.54 Å². The van der Waals surface area contributed by atoms with Crippen LogP contribution in [0, 0.1) is 13.8 Å². The van der Waals surface area contributed by atoms with Crippen LogP contribution in [-0.2, 0) is 6.42 Å². The summed E-state index contributed by atoms with van der Waals surface area (Å²) in [5.74, 6) is 0. The summed E-state index contributed by atoms with van der Waals surface area (Å²) in [6, 6.07) is 16.7. The van der Waals surface area contributed by atoms with Gasteiger partial charge in [0.15, 0.2) is 0 Å². The Kier molecular flexibility index (Phi) is 5.59. The SMILES string of the molecule is Cc1cccc(C)c1N1CCN(C(=O)NCCc2ccccc2)CC1. The highest BCUT2D eigenvalue weighted by Crippen LogP contribution is 2.25. The number of urea groups is 1. The minimum absolute atomic E-state index is 0.0529. The molecule has 1 heterocycles. The highest BCUT2D eigenvalue weighted by Gasteiger charge is 2.22. The Morgan fingerprint density at radius 2 is 1.56 bits per heavy atom. The number of nitrogens with one attached hydrogen (secondary N) is 1. The Morgan fingerprint density at radius 1 is 0.920 bits per heavy atom. The summed E-state index contributed by atoms with van der Waals surface area (Å²) >= 11 is 0. The van der Waals surface area contributed by atoms with Gasteiger partial charge >= 0.3 is 6.03 Å². The Balaban J connectivity index is 1.48. The molecule has 132 valence electrons. The lowest BCUT2D eigenvalue weighted by atomic mass is 10.1. The van der Waals surface area contributed by atoms with E-state index < -0.39 is 0 Å². The lowest BCUT2D eigenvalue weighted by Gasteiger charge is -2.37. The number of carbonyl (C=O) groups excluding carboxylic acids is 1. The molecule has 0 radical (unpaired) electrons. The van der Waals surface area contributed by atoms with E-state index in [1.807, 2.05) is 23.1 Å². The summed E-state index contributed by atoms with van der Waals surface area (Å²) in [6.45, 7) is 8.31. The van der Waals surface area contributed by atoms with Gasteiger partial charge in [-0.25, -0.2) is 4.79 Å². The van der Waals surface area contributed by atoms with Crippen LogP contribution in [0.4, 0.5) is 10.5 Å². The highest BCUT2D eigenvalue weighted by atomic mass is 16.2. The number of carbonyl (C=O) groups is 1. The first-order valence-electron chi connectivity index (χ1n) is 9.03. The molecular weight excluding hydrogens is 310 g/mol. The van der Waals surface area contributed by atoms with Crippen LogP contribution in [-0.4, -0.2) is 43.7 Å². The number of hydrogen-bond donors (Lipinski definition) is 1. The van der Waals surface area contributed by atoms with Crippen molar-refractivity contribution in [3.05, 3.63) is 65.2 Å². The van der Waals surface area contributed by atoms with Crippen molar-refractivity contribution in [2.24, 2.45) is 0 Å². The molecule has 1 saturated heterocycles. The van der Waals surface area contributed by atoms with E-state index in [-0.39, 0.29) is 6.03 Å². The first-order chi connectivity index (χ1) is 12.1. The summed E-state index contributed by atoms with van der Waals surface area (Å²) in [6.07, 6.45) is 0.870. The number of hydrogen-bond acceptors (Lipinski definition) is 2. The van der Waals surface area contributed by atoms with E-state index in [9.17, 15) is 4.79 Å². The van der Waals surface area contributed by atoms with E-state index >= 15 is 0 Å². The zero-order valence-electron chi connectivity index (χ0n) is 15.2. The molecule has 4 nitrogen and oxygen atoms in total. The van der Waals surface area contributed by atoms with Crippen LogP contribution in [0.1, 0.15) is 16.7 Å². The normalized spacial score (nSPS) is 14.5. The van der Waals surface area contributed by atoms with Crippen molar-refractivity contribution in [2.45, 2.75) is 20.3 Å². The molecule has 0 saturated carbocycles. The van der Waals surface area contributed by atoms with Gasteiger partial charge in [0.05, 0.1) is 0 Å². The van der Waals surface area contributed by atoms with Crippen LogP contribution in [0.25, 0.3) is 0 Å². The fourth-order valence-electron chi connectivity index (χ4n) is 3.51. The van der Waals surface area contributed by atoms with Gasteiger partial charge in [0.25, 0.3) is 0 Å². The predicted octanol–water partition coefficient (Wildman–Crippen LogP) is 3.38. The van der Waals surface area contributed by atoms with Crippen molar-refractivity contribution >= 4 is 11.7 Å². The number of amides is 2. The fraction of sp³-hybridized carbons (Fsp3) is 0.381. The molecule has 2 aromatic carbocycles. The van der Waals surface area contributed by atoms with Crippen molar-refractivity contribution in [1.82, 2.24) is 10.2 Å². The molecule has 0 atom stereocenters. The van der Waals surface area contributed by atoms with Crippen molar-refractivity contribution in [1.29, 1.82) is 0 Å². The molecule has 1 aliphatic heterocycles. The monoisotopic (exact) mass is 337 g/mol. The Morgan fingerprint density at radius 3 is 2.20 bits per heavy atom. The summed E-state index contributed by atoms with van der Waals surface area (Å²) < 4.78 is 0. The van der Waals surface area contributed by atoms with Gasteiger partial charge in [-0.15, -0.1) is 0 Å². The first-order valence-corrected chi connectivity index (χ1v) is 9.03. The van der Waals surface area contributed by atoms with Gasteiger partial charge in [0.2, 0.25) is 0 Å². The van der Waals surface area contributed by atoms with Crippen molar-refractivity contribution in [3.63, 3.8) is 0 Å². The quantitative estimate of drug-likeness (QED) is 0.928. The second-order valence-corrected chi connectivity index (χ2v) is 6.68. The largest absolute Gasteiger partial charge is 0.368 e. The molecule has 2 aromatic rings. The predicted molar refractivity (Wildman–Crippen MR) is 103 cm³/mol. The van der Waals surface area contributed by atoms with Gasteiger partial charge in [-0.2, -0.15) is 0 Å². The molecule has 2 amide bonds. The molecule has 3 rings (SSSR count). The number of benzene rings is 2. The van der Waals surface area contributed by atoms with Gasteiger partial charge in [-0.3, -0.25) is 0 Å². The van der Waals surface area contributed by atoms with Gasteiger partial charge in [-0.1, -0.05) is 48.5 Å². The summed E-state index contributed by atoms with van der Waals surface area (Å²) in [4.78, 5) is 16.7. The fourth-order valence-corrected chi connectivity index (χ4v) is 3.51. The third-order valence-electron chi connectivity index (χ3n) is 4.86. The van der Waals surface area contributed by atoms with Crippen molar-refractivity contribution in [2.75, 3.05) is 37.6 Å². The molecule has 0 bridgehead atoms. The number of piperazine rings is 1. The number of aryl methyl sites for hydroxylation is 2. The minimum atomic E-state index is 0.0529. The van der Waals surface area contributed by atoms with E-state index in [0.717, 1.165) is 32.6 Å². The Hall–Kier alpha value is -2.49. The minimum Gasteiger partial charge on any atom is -0.368 e. The van der Waals surface area contributed by atoms with Crippen molar-refractivity contribution < 1.29 is 4.79 Å². The molecule has 0 aliphatic carbocycles. The maximum atomic E-state index is 12.4. The molecule has 0 spiro atoms. The van der Waals surface area contributed by atoms with Crippen LogP contribution in [0.15, 0.2) is 48.5 Å². The third-order valence-corrected chi connectivity index (χ3v) is 4.86. The smallest absolute Gasteiger partial charge is 0.317 e. The van der Waals surface area contributed by atoms with Gasteiger partial charge in [-0.05, 0) is 37.0 Å². The average molecular weight is 337 g/mol. The molecule has 4 heteroatoms. The molecule has 0 unspecified atom stereocenters. The number of nitrogens with zero attached hydrogens (tertiary/aromatic N) is 2. The second-order valence-electron chi connectivity index (χ2n) is 6.68. The lowest BCUT2D eigenvalue weighted by molar-refractivity contribution is 0.194. The third kappa shape index (κ3) is 4.32. The Labute approximate surface area is 150 Å². The summed E-state index contributed by atoms with van der Waals surface area (Å²) in [5.41, 5.74) is 5.19. The summed E-state index contributed by atoms with van der Waals surface area (Å²) in [5, 5.41) is 3.05. The van der Waals surface area contributed by atoms with Gasteiger partial charge in [0, 0.05) is 38.4 Å². The number of anilines is 1. The number of para-hydroxylation sites is 1. The van der Waals surface area contributed by atoms with Crippen LogP contribution < -0.4 is 10.2 Å². The zero-order chi connectivity index (χ0) is 17.6.